The molecule has 3 aromatic rings. The molecule has 1 aromatic heterocycles. The van der Waals surface area contributed by atoms with Crippen LogP contribution >= 0.6 is 23.1 Å². The molecule has 1 aliphatic rings. The van der Waals surface area contributed by atoms with Crippen molar-refractivity contribution in [2.45, 2.75) is 10.8 Å². The number of amides is 2. The van der Waals surface area contributed by atoms with E-state index in [0.717, 1.165) is 33.8 Å². The molecule has 0 bridgehead atoms. The Hall–Kier alpha value is -2.91. The van der Waals surface area contributed by atoms with Crippen LogP contribution in [-0.4, -0.2) is 58.8 Å². The lowest BCUT2D eigenvalue weighted by molar-refractivity contribution is -0.130. The topological polar surface area (TPSA) is 78.4 Å². The molecule has 160 valence electrons. The number of thioether (sulfide) groups is 1. The van der Waals surface area contributed by atoms with Gasteiger partial charge < -0.3 is 15.1 Å². The van der Waals surface area contributed by atoms with Gasteiger partial charge in [-0.2, -0.15) is 0 Å². The normalized spacial score (nSPS) is 13.8. The Morgan fingerprint density at radius 2 is 1.61 bits per heavy atom. The predicted octanol–water partition coefficient (Wildman–Crippen LogP) is 3.16. The summed E-state index contributed by atoms with van der Waals surface area (Å²) in [6, 6.07) is 19.2. The van der Waals surface area contributed by atoms with Gasteiger partial charge in [0, 0.05) is 31.9 Å². The first kappa shape index (κ1) is 21.3. The summed E-state index contributed by atoms with van der Waals surface area (Å²) in [5.41, 5.74) is 1.82. The van der Waals surface area contributed by atoms with E-state index in [1.165, 1.54) is 23.1 Å². The summed E-state index contributed by atoms with van der Waals surface area (Å²) >= 11 is 2.86. The van der Waals surface area contributed by atoms with E-state index in [1.54, 1.807) is 0 Å². The zero-order chi connectivity index (χ0) is 21.5. The first-order valence-electron chi connectivity index (χ1n) is 10.1. The summed E-state index contributed by atoms with van der Waals surface area (Å²) in [7, 11) is 0. The zero-order valence-electron chi connectivity index (χ0n) is 16.9. The molecule has 0 unspecified atom stereocenters. The summed E-state index contributed by atoms with van der Waals surface area (Å²) in [5.74, 6) is 0.368. The van der Waals surface area contributed by atoms with Gasteiger partial charge in [-0.25, -0.2) is 0 Å². The summed E-state index contributed by atoms with van der Waals surface area (Å²) in [4.78, 5) is 28.7. The molecule has 0 atom stereocenters. The second-order valence-corrected chi connectivity index (χ2v) is 9.26. The van der Waals surface area contributed by atoms with Crippen LogP contribution in [0.25, 0.3) is 0 Å². The van der Waals surface area contributed by atoms with Gasteiger partial charge >= 0.3 is 0 Å². The number of rotatable bonds is 7. The number of anilines is 2. The number of carbonyl (C=O) groups excluding carboxylic acids is 2. The smallest absolute Gasteiger partial charge is 0.234 e. The van der Waals surface area contributed by atoms with Crippen LogP contribution in [0.4, 0.5) is 10.8 Å². The lowest BCUT2D eigenvalue weighted by atomic mass is 10.1. The Morgan fingerprint density at radius 1 is 0.935 bits per heavy atom. The van der Waals surface area contributed by atoms with Crippen LogP contribution in [0.1, 0.15) is 5.56 Å². The molecule has 1 N–H and O–H groups in total. The van der Waals surface area contributed by atoms with E-state index in [4.69, 9.17) is 0 Å². The van der Waals surface area contributed by atoms with E-state index in [9.17, 15) is 9.59 Å². The Bertz CT molecular complexity index is 1010. The average Bonchev–Trinajstić information content (AvgIpc) is 3.28. The zero-order valence-corrected chi connectivity index (χ0v) is 18.6. The number of aromatic nitrogens is 2. The fourth-order valence-electron chi connectivity index (χ4n) is 3.26. The first-order valence-corrected chi connectivity index (χ1v) is 11.9. The highest BCUT2D eigenvalue weighted by Gasteiger charge is 2.23. The minimum atomic E-state index is -0.0708. The van der Waals surface area contributed by atoms with Crippen LogP contribution in [-0.2, 0) is 16.0 Å². The predicted molar refractivity (Wildman–Crippen MR) is 125 cm³/mol. The number of benzene rings is 2. The number of nitrogens with one attached hydrogen (secondary N) is 1. The number of piperazine rings is 1. The van der Waals surface area contributed by atoms with Gasteiger partial charge in [0.15, 0.2) is 4.34 Å². The molecule has 0 saturated carbocycles. The molecule has 1 aliphatic heterocycles. The minimum absolute atomic E-state index is 0.0708. The van der Waals surface area contributed by atoms with Gasteiger partial charge in [-0.3, -0.25) is 9.59 Å². The largest absolute Gasteiger partial charge is 0.343 e. The molecule has 0 spiro atoms. The molecule has 31 heavy (non-hydrogen) atoms. The third-order valence-electron chi connectivity index (χ3n) is 4.88. The quantitative estimate of drug-likeness (QED) is 0.554. The molecule has 0 aliphatic carbocycles. The van der Waals surface area contributed by atoms with E-state index < -0.39 is 0 Å². The number of carbonyl (C=O) groups is 2. The summed E-state index contributed by atoms with van der Waals surface area (Å²) in [6.07, 6.45) is 0.436. The van der Waals surface area contributed by atoms with E-state index in [2.05, 4.69) is 20.4 Å². The monoisotopic (exact) mass is 453 g/mol. The van der Waals surface area contributed by atoms with Gasteiger partial charge in [0.25, 0.3) is 0 Å². The van der Waals surface area contributed by atoms with Gasteiger partial charge in [-0.05, 0) is 17.7 Å². The highest BCUT2D eigenvalue weighted by atomic mass is 32.2. The summed E-state index contributed by atoms with van der Waals surface area (Å²) < 4.78 is 0.765. The van der Waals surface area contributed by atoms with Crippen molar-refractivity contribution < 1.29 is 9.59 Å². The third-order valence-corrected chi connectivity index (χ3v) is 7.00. The Balaban J connectivity index is 1.22. The van der Waals surface area contributed by atoms with Crippen molar-refractivity contribution in [1.82, 2.24) is 15.1 Å². The molecule has 0 radical (unpaired) electrons. The van der Waals surface area contributed by atoms with Gasteiger partial charge in [-0.1, -0.05) is 71.6 Å². The van der Waals surface area contributed by atoms with Gasteiger partial charge in [-0.15, -0.1) is 10.2 Å². The van der Waals surface area contributed by atoms with Crippen molar-refractivity contribution in [3.63, 3.8) is 0 Å². The molecular weight excluding hydrogens is 430 g/mol. The maximum Gasteiger partial charge on any atom is 0.234 e. The molecule has 1 fully saturated rings. The Labute approximate surface area is 189 Å². The molecule has 2 amide bonds. The van der Waals surface area contributed by atoms with Crippen LogP contribution in [0.5, 0.6) is 0 Å². The molecular formula is C22H23N5O2S2. The van der Waals surface area contributed by atoms with Gasteiger partial charge in [0.2, 0.25) is 16.9 Å². The Morgan fingerprint density at radius 3 is 2.32 bits per heavy atom. The fraction of sp³-hybridized carbons (Fsp3) is 0.273. The highest BCUT2D eigenvalue weighted by Crippen LogP contribution is 2.28. The first-order chi connectivity index (χ1) is 15.2. The number of hydrogen-bond acceptors (Lipinski definition) is 7. The van der Waals surface area contributed by atoms with Crippen molar-refractivity contribution in [2.24, 2.45) is 0 Å². The second-order valence-electron chi connectivity index (χ2n) is 7.08. The fourth-order valence-corrected chi connectivity index (χ4v) is 4.96. The lowest BCUT2D eigenvalue weighted by Gasteiger charge is -2.34. The molecule has 2 heterocycles. The van der Waals surface area contributed by atoms with Crippen LogP contribution in [0.3, 0.4) is 0 Å². The highest BCUT2D eigenvalue weighted by molar-refractivity contribution is 8.01. The van der Waals surface area contributed by atoms with Crippen LogP contribution in [0, 0.1) is 0 Å². The number of para-hydroxylation sites is 1. The second kappa shape index (κ2) is 10.4. The molecule has 4 rings (SSSR count). The van der Waals surface area contributed by atoms with E-state index in [1.807, 2.05) is 65.6 Å². The molecule has 1 saturated heterocycles. The van der Waals surface area contributed by atoms with Crippen LogP contribution in [0.15, 0.2) is 65.0 Å². The van der Waals surface area contributed by atoms with E-state index >= 15 is 0 Å². The Kier molecular flexibility index (Phi) is 7.16. The van der Waals surface area contributed by atoms with E-state index in [-0.39, 0.29) is 17.6 Å². The van der Waals surface area contributed by atoms with Crippen molar-refractivity contribution in [2.75, 3.05) is 42.1 Å². The van der Waals surface area contributed by atoms with Crippen molar-refractivity contribution in [3.05, 3.63) is 66.2 Å². The third kappa shape index (κ3) is 6.05. The lowest BCUT2D eigenvalue weighted by Crippen LogP contribution is -2.49. The SMILES string of the molecule is O=C(CSc1nnc(N2CCN(C(=O)Cc3ccccc3)CC2)s1)Nc1ccccc1. The number of hydrogen-bond donors (Lipinski definition) is 1. The molecule has 9 heteroatoms. The maximum absolute atomic E-state index is 12.5. The van der Waals surface area contributed by atoms with Gasteiger partial charge in [0.1, 0.15) is 0 Å². The molecule has 2 aromatic carbocycles. The van der Waals surface area contributed by atoms with Crippen LogP contribution < -0.4 is 10.2 Å². The van der Waals surface area contributed by atoms with Crippen LogP contribution in [0.2, 0.25) is 0 Å². The summed E-state index contributed by atoms with van der Waals surface area (Å²) in [6.45, 7) is 2.81. The average molecular weight is 454 g/mol. The standard InChI is InChI=1S/C22H23N5O2S2/c28-19(23-18-9-5-2-6-10-18)16-30-22-25-24-21(31-22)27-13-11-26(12-14-27)20(29)15-17-7-3-1-4-8-17/h1-10H,11-16H2,(H,23,28). The van der Waals surface area contributed by atoms with Crippen molar-refractivity contribution >= 4 is 45.7 Å². The molecule has 7 nitrogen and oxygen atoms in total. The van der Waals surface area contributed by atoms with E-state index in [0.29, 0.717) is 19.5 Å². The maximum atomic E-state index is 12.5. The summed E-state index contributed by atoms with van der Waals surface area (Å²) in [5, 5.41) is 12.2. The van der Waals surface area contributed by atoms with Crippen molar-refractivity contribution in [3.8, 4) is 0 Å². The minimum Gasteiger partial charge on any atom is -0.343 e. The number of nitrogens with zero attached hydrogens (tertiary/aromatic N) is 4. The van der Waals surface area contributed by atoms with Crippen molar-refractivity contribution in [1.29, 1.82) is 0 Å². The van der Waals surface area contributed by atoms with Gasteiger partial charge in [0.05, 0.1) is 12.2 Å².